The van der Waals surface area contributed by atoms with Crippen molar-refractivity contribution in [3.8, 4) is 0 Å². The third kappa shape index (κ3) is 5.76. The SMILES string of the molecule is O=C(NNC(=S)NCc1ccccc1)c1ccccc1NS(=O)(=O)c1cccs1. The summed E-state index contributed by atoms with van der Waals surface area (Å²) in [6, 6.07) is 19.1. The number of thiophene rings is 1. The van der Waals surface area contributed by atoms with Crippen LogP contribution in [0.25, 0.3) is 0 Å². The maximum absolute atomic E-state index is 12.5. The van der Waals surface area contributed by atoms with Crippen LogP contribution in [-0.2, 0) is 16.6 Å². The van der Waals surface area contributed by atoms with Gasteiger partial charge in [0.25, 0.3) is 15.9 Å². The Labute approximate surface area is 178 Å². The van der Waals surface area contributed by atoms with Gasteiger partial charge in [0.05, 0.1) is 11.3 Å². The van der Waals surface area contributed by atoms with Crippen LogP contribution >= 0.6 is 23.6 Å². The molecule has 0 radical (unpaired) electrons. The Morgan fingerprint density at radius 3 is 2.38 bits per heavy atom. The number of thiocarbonyl (C=S) groups is 1. The van der Waals surface area contributed by atoms with Crippen LogP contribution in [0.3, 0.4) is 0 Å². The van der Waals surface area contributed by atoms with Gasteiger partial charge >= 0.3 is 0 Å². The number of anilines is 1. The number of hydrogen-bond donors (Lipinski definition) is 4. The van der Waals surface area contributed by atoms with Crippen molar-refractivity contribution in [3.63, 3.8) is 0 Å². The lowest BCUT2D eigenvalue weighted by molar-refractivity contribution is 0.0944. The second-order valence-corrected chi connectivity index (χ2v) is 9.10. The summed E-state index contributed by atoms with van der Waals surface area (Å²) in [7, 11) is -3.77. The number of rotatable bonds is 6. The molecular weight excluding hydrogens is 428 g/mol. The zero-order chi connectivity index (χ0) is 20.7. The van der Waals surface area contributed by atoms with Gasteiger partial charge in [-0.25, -0.2) is 8.42 Å². The Hall–Kier alpha value is -2.95. The quantitative estimate of drug-likeness (QED) is 0.343. The van der Waals surface area contributed by atoms with Crippen molar-refractivity contribution in [1.82, 2.24) is 16.2 Å². The van der Waals surface area contributed by atoms with E-state index in [0.717, 1.165) is 16.9 Å². The zero-order valence-corrected chi connectivity index (χ0v) is 17.5. The molecule has 4 N–H and O–H groups in total. The van der Waals surface area contributed by atoms with E-state index in [0.29, 0.717) is 6.54 Å². The number of nitrogens with one attached hydrogen (secondary N) is 4. The van der Waals surface area contributed by atoms with Gasteiger partial charge in [0.15, 0.2) is 5.11 Å². The number of amides is 1. The van der Waals surface area contributed by atoms with E-state index in [1.54, 1.807) is 23.6 Å². The highest BCUT2D eigenvalue weighted by atomic mass is 32.2. The fourth-order valence-corrected chi connectivity index (χ4v) is 4.58. The summed E-state index contributed by atoms with van der Waals surface area (Å²) in [5, 5.41) is 4.87. The molecule has 1 heterocycles. The van der Waals surface area contributed by atoms with Gasteiger partial charge < -0.3 is 5.32 Å². The van der Waals surface area contributed by atoms with Gasteiger partial charge in [-0.05, 0) is 41.4 Å². The van der Waals surface area contributed by atoms with E-state index in [-0.39, 0.29) is 20.6 Å². The first-order valence-corrected chi connectivity index (χ1v) is 11.3. The van der Waals surface area contributed by atoms with Gasteiger partial charge in [-0.2, -0.15) is 0 Å². The summed E-state index contributed by atoms with van der Waals surface area (Å²) in [6.45, 7) is 0.500. The third-order valence-electron chi connectivity index (χ3n) is 3.76. The summed E-state index contributed by atoms with van der Waals surface area (Å²) >= 11 is 6.24. The van der Waals surface area contributed by atoms with Crippen molar-refractivity contribution in [2.24, 2.45) is 0 Å². The van der Waals surface area contributed by atoms with Crippen LogP contribution in [0.2, 0.25) is 0 Å². The van der Waals surface area contributed by atoms with E-state index in [1.165, 1.54) is 18.2 Å². The van der Waals surface area contributed by atoms with Crippen LogP contribution in [0.5, 0.6) is 0 Å². The summed E-state index contributed by atoms with van der Waals surface area (Å²) in [6.07, 6.45) is 0. The van der Waals surface area contributed by atoms with Crippen molar-refractivity contribution in [3.05, 3.63) is 83.2 Å². The number of carbonyl (C=O) groups excluding carboxylic acids is 1. The molecule has 0 aliphatic carbocycles. The minimum Gasteiger partial charge on any atom is -0.357 e. The minimum absolute atomic E-state index is 0.158. The predicted octanol–water partition coefficient (Wildman–Crippen LogP) is 2.86. The predicted molar refractivity (Wildman–Crippen MR) is 118 cm³/mol. The molecule has 3 aromatic rings. The molecule has 0 atom stereocenters. The number of carbonyl (C=O) groups is 1. The Morgan fingerprint density at radius 1 is 0.931 bits per heavy atom. The largest absolute Gasteiger partial charge is 0.357 e. The molecule has 1 aromatic heterocycles. The average molecular weight is 447 g/mol. The maximum Gasteiger partial charge on any atom is 0.271 e. The standard InChI is InChI=1S/C19H18N4O3S3/c24-18(21-22-19(27)20-13-14-7-2-1-3-8-14)15-9-4-5-10-16(15)23-29(25,26)17-11-6-12-28-17/h1-12,23H,13H2,(H,21,24)(H2,20,22,27). The number of hydrogen-bond acceptors (Lipinski definition) is 5. The van der Waals surface area contributed by atoms with Gasteiger partial charge in [-0.1, -0.05) is 48.5 Å². The lowest BCUT2D eigenvalue weighted by atomic mass is 10.2. The molecule has 0 saturated carbocycles. The molecule has 2 aromatic carbocycles. The van der Waals surface area contributed by atoms with Gasteiger partial charge in [0.1, 0.15) is 4.21 Å². The van der Waals surface area contributed by atoms with Gasteiger partial charge in [0.2, 0.25) is 0 Å². The molecule has 0 saturated heterocycles. The topological polar surface area (TPSA) is 99.3 Å². The van der Waals surface area contributed by atoms with Crippen LogP contribution < -0.4 is 20.9 Å². The first kappa shape index (κ1) is 20.8. The number of para-hydroxylation sites is 1. The molecule has 3 rings (SSSR count). The van der Waals surface area contributed by atoms with Crippen LogP contribution in [0, 0.1) is 0 Å². The van der Waals surface area contributed by atoms with Crippen molar-refractivity contribution < 1.29 is 13.2 Å². The monoisotopic (exact) mass is 446 g/mol. The smallest absolute Gasteiger partial charge is 0.271 e. The Kier molecular flexibility index (Phi) is 6.81. The minimum atomic E-state index is -3.77. The van der Waals surface area contributed by atoms with E-state index in [4.69, 9.17) is 12.2 Å². The molecule has 0 aliphatic rings. The molecule has 0 bridgehead atoms. The van der Waals surface area contributed by atoms with Gasteiger partial charge in [-0.15, -0.1) is 11.3 Å². The molecule has 0 unspecified atom stereocenters. The van der Waals surface area contributed by atoms with E-state index in [1.807, 2.05) is 30.3 Å². The van der Waals surface area contributed by atoms with E-state index in [9.17, 15) is 13.2 Å². The number of sulfonamides is 1. The number of benzene rings is 2. The van der Waals surface area contributed by atoms with Crippen LogP contribution in [0.15, 0.2) is 76.3 Å². The Bertz CT molecular complexity index is 1080. The van der Waals surface area contributed by atoms with Crippen molar-refractivity contribution >= 4 is 50.3 Å². The molecule has 29 heavy (non-hydrogen) atoms. The Morgan fingerprint density at radius 2 is 1.66 bits per heavy atom. The maximum atomic E-state index is 12.5. The molecule has 0 aliphatic heterocycles. The van der Waals surface area contributed by atoms with Crippen LogP contribution in [0.4, 0.5) is 5.69 Å². The second kappa shape index (κ2) is 9.50. The molecule has 0 fully saturated rings. The van der Waals surface area contributed by atoms with Crippen LogP contribution in [0.1, 0.15) is 15.9 Å². The Balaban J connectivity index is 1.60. The first-order chi connectivity index (χ1) is 14.0. The molecule has 150 valence electrons. The van der Waals surface area contributed by atoms with Crippen molar-refractivity contribution in [1.29, 1.82) is 0 Å². The van der Waals surface area contributed by atoms with Crippen LogP contribution in [-0.4, -0.2) is 19.4 Å². The average Bonchev–Trinajstić information content (AvgIpc) is 3.27. The lowest BCUT2D eigenvalue weighted by Crippen LogP contribution is -2.46. The number of hydrazine groups is 1. The van der Waals surface area contributed by atoms with E-state index >= 15 is 0 Å². The van der Waals surface area contributed by atoms with Gasteiger partial charge in [-0.3, -0.25) is 20.4 Å². The summed E-state index contributed by atoms with van der Waals surface area (Å²) in [4.78, 5) is 12.5. The molecule has 7 nitrogen and oxygen atoms in total. The molecule has 10 heteroatoms. The zero-order valence-electron chi connectivity index (χ0n) is 15.1. The molecular formula is C19H18N4O3S3. The summed E-state index contributed by atoms with van der Waals surface area (Å²) in [5.74, 6) is -0.529. The fourth-order valence-electron chi connectivity index (χ4n) is 2.38. The highest BCUT2D eigenvalue weighted by Gasteiger charge is 2.19. The van der Waals surface area contributed by atoms with Crippen molar-refractivity contribution in [2.75, 3.05) is 4.72 Å². The lowest BCUT2D eigenvalue weighted by Gasteiger charge is -2.14. The highest BCUT2D eigenvalue weighted by molar-refractivity contribution is 7.94. The first-order valence-electron chi connectivity index (χ1n) is 8.49. The second-order valence-electron chi connectivity index (χ2n) is 5.83. The van der Waals surface area contributed by atoms with E-state index in [2.05, 4.69) is 20.9 Å². The van der Waals surface area contributed by atoms with E-state index < -0.39 is 15.9 Å². The van der Waals surface area contributed by atoms with Crippen molar-refractivity contribution in [2.45, 2.75) is 10.8 Å². The summed E-state index contributed by atoms with van der Waals surface area (Å²) < 4.78 is 27.5. The molecule has 0 spiro atoms. The molecule has 1 amide bonds. The van der Waals surface area contributed by atoms with Gasteiger partial charge in [0, 0.05) is 6.54 Å². The normalized spacial score (nSPS) is 10.8. The summed E-state index contributed by atoms with van der Waals surface area (Å²) in [5.41, 5.74) is 6.45. The highest BCUT2D eigenvalue weighted by Crippen LogP contribution is 2.22. The third-order valence-corrected chi connectivity index (χ3v) is 6.77. The fraction of sp³-hybridized carbons (Fsp3) is 0.0526.